The van der Waals surface area contributed by atoms with Crippen LogP contribution in [0.1, 0.15) is 0 Å². The molecule has 0 spiro atoms. The summed E-state index contributed by atoms with van der Waals surface area (Å²) in [7, 11) is 0. The number of rotatable bonds is 0. The molecule has 0 atom stereocenters. The maximum atomic E-state index is 8.61. The normalized spacial score (nSPS) is 9.83. The van der Waals surface area contributed by atoms with Crippen LogP contribution in [0.15, 0.2) is 0 Å². The first-order chi connectivity index (χ1) is 2.00. The van der Waals surface area contributed by atoms with E-state index >= 15 is 0 Å². The van der Waals surface area contributed by atoms with Gasteiger partial charge in [0.05, 0.1) is 0 Å². The Morgan fingerprint density at radius 3 is 1.17 bits per heavy atom. The molecule has 0 aromatic carbocycles. The Balaban J connectivity index is 0. The second-order valence-corrected chi connectivity index (χ2v) is 2.32. The van der Waals surface area contributed by atoms with Gasteiger partial charge in [-0.3, -0.25) is 0 Å². The smallest absolute Gasteiger partial charge is 3.00 e. The molecule has 0 aliphatic heterocycles. The van der Waals surface area contributed by atoms with E-state index in [9.17, 15) is 0 Å². The molecule has 0 amide bonds. The molecule has 0 fully saturated rings. The van der Waals surface area contributed by atoms with Gasteiger partial charge in [-0.05, 0) is 0 Å². The largest absolute Gasteiger partial charge is 3.00 e. The van der Waals surface area contributed by atoms with Crippen molar-refractivity contribution in [2.45, 2.75) is 0 Å². The molecule has 0 bridgehead atoms. The van der Waals surface area contributed by atoms with E-state index in [1.807, 2.05) is 0 Å². The van der Waals surface area contributed by atoms with Crippen LogP contribution in [0, 0.1) is 0 Å². The molecule has 0 aliphatic rings. The molecule has 0 heterocycles. The van der Waals surface area contributed by atoms with Gasteiger partial charge >= 0.3 is 50.0 Å². The first-order valence-electron chi connectivity index (χ1n) is 0.730. The summed E-state index contributed by atoms with van der Waals surface area (Å²) in [5.74, 6) is 0. The average Bonchev–Trinajstić information content (AvgIpc) is 0.722. The molecular formula is AsO4Ru. The van der Waals surface area contributed by atoms with Crippen LogP contribution in [0.25, 0.3) is 0 Å². The molecule has 0 saturated carbocycles. The Hall–Kier alpha value is 0.862. The van der Waals surface area contributed by atoms with Crippen LogP contribution in [0.4, 0.5) is 0 Å². The molecule has 0 N–H and O–H groups in total. The van der Waals surface area contributed by atoms with Gasteiger partial charge < -0.3 is 0 Å². The van der Waals surface area contributed by atoms with Crippen molar-refractivity contribution >= 4 is 14.5 Å². The SMILES string of the molecule is O=[As]([O-])([O-])[O-].[Ru+3]. The number of hydrogen-bond donors (Lipinski definition) is 0. The summed E-state index contributed by atoms with van der Waals surface area (Å²) in [6, 6.07) is 0. The fraction of sp³-hybridized carbons (Fsp3) is 0. The predicted molar refractivity (Wildman–Crippen MR) is 6.44 cm³/mol. The minimum atomic E-state index is -5.88. The maximum absolute atomic E-state index is 8.61. The van der Waals surface area contributed by atoms with Crippen LogP contribution >= 0.6 is 0 Å². The first kappa shape index (κ1) is 9.97. The third-order valence-corrected chi connectivity index (χ3v) is 0. The topological polar surface area (TPSA) is 86.2 Å². The molecule has 0 aliphatic carbocycles. The van der Waals surface area contributed by atoms with E-state index in [1.165, 1.54) is 0 Å². The maximum Gasteiger partial charge on any atom is 3.00 e. The van der Waals surface area contributed by atoms with E-state index < -0.39 is 14.5 Å². The summed E-state index contributed by atoms with van der Waals surface area (Å²) in [5.41, 5.74) is 0. The molecule has 6 heteroatoms. The van der Waals surface area contributed by atoms with E-state index in [0.29, 0.717) is 0 Å². The fourth-order valence-corrected chi connectivity index (χ4v) is 0. The second kappa shape index (κ2) is 2.94. The monoisotopic (exact) mass is 241 g/mol. The van der Waals surface area contributed by atoms with Crippen molar-refractivity contribution in [1.82, 2.24) is 0 Å². The summed E-state index contributed by atoms with van der Waals surface area (Å²) in [5, 5.41) is 0. The first-order valence-corrected chi connectivity index (χ1v) is 3.79. The van der Waals surface area contributed by atoms with Gasteiger partial charge in [-0.15, -0.1) is 0 Å². The van der Waals surface area contributed by atoms with Gasteiger partial charge in [-0.25, -0.2) is 0 Å². The summed E-state index contributed by atoms with van der Waals surface area (Å²) in [6.07, 6.45) is 0. The summed E-state index contributed by atoms with van der Waals surface area (Å²) < 4.78 is 34.4. The molecule has 4 nitrogen and oxygen atoms in total. The van der Waals surface area contributed by atoms with E-state index in [0.717, 1.165) is 0 Å². The Kier molecular flexibility index (Phi) is 4.89. The minimum absolute atomic E-state index is 0. The van der Waals surface area contributed by atoms with Crippen molar-refractivity contribution in [3.05, 3.63) is 0 Å². The molecule has 6 heavy (non-hydrogen) atoms. The molecule has 0 aromatic rings. The molecule has 0 saturated heterocycles. The van der Waals surface area contributed by atoms with E-state index in [2.05, 4.69) is 0 Å². The Bertz CT molecular complexity index is 53.7. The van der Waals surface area contributed by atoms with Crippen LogP contribution in [-0.2, 0) is 23.2 Å². The molecule has 0 unspecified atom stereocenters. The summed E-state index contributed by atoms with van der Waals surface area (Å²) in [6.45, 7) is 0. The molecular weight excluding hydrogens is 240 g/mol. The zero-order valence-electron chi connectivity index (χ0n) is 2.43. The Morgan fingerprint density at radius 2 is 1.17 bits per heavy atom. The fourth-order valence-electron chi connectivity index (χ4n) is 0. The quantitative estimate of drug-likeness (QED) is 0.403. The molecule has 37 valence electrons. The van der Waals surface area contributed by atoms with Crippen molar-refractivity contribution in [2.75, 3.05) is 0 Å². The molecule has 1 radical (unpaired) electrons. The van der Waals surface area contributed by atoms with Gasteiger partial charge in [0, 0.05) is 0 Å². The van der Waals surface area contributed by atoms with Crippen molar-refractivity contribution < 1.29 is 35.5 Å². The van der Waals surface area contributed by atoms with Gasteiger partial charge in [0.1, 0.15) is 0 Å². The van der Waals surface area contributed by atoms with Crippen molar-refractivity contribution in [3.8, 4) is 0 Å². The second-order valence-electron chi connectivity index (χ2n) is 0.447. The van der Waals surface area contributed by atoms with Crippen molar-refractivity contribution in [3.63, 3.8) is 0 Å². The van der Waals surface area contributed by atoms with Crippen LogP contribution in [0.5, 0.6) is 0 Å². The van der Waals surface area contributed by atoms with Gasteiger partial charge in [-0.1, -0.05) is 0 Å². The van der Waals surface area contributed by atoms with Crippen molar-refractivity contribution in [2.24, 2.45) is 0 Å². The van der Waals surface area contributed by atoms with Crippen LogP contribution < -0.4 is 12.3 Å². The van der Waals surface area contributed by atoms with Gasteiger partial charge in [0.2, 0.25) is 0 Å². The van der Waals surface area contributed by atoms with Gasteiger partial charge in [0.25, 0.3) is 0 Å². The standard InChI is InChI=1S/AsH3O4.Ru/c2-1(3,4)5;/h(H3,2,3,4,5);/q;+3/p-3. The minimum Gasteiger partial charge on any atom is 3.00 e. The van der Waals surface area contributed by atoms with Crippen LogP contribution in [0.3, 0.4) is 0 Å². The molecule has 0 rings (SSSR count). The Morgan fingerprint density at radius 1 is 1.17 bits per heavy atom. The van der Waals surface area contributed by atoms with E-state index in [-0.39, 0.29) is 19.5 Å². The van der Waals surface area contributed by atoms with E-state index in [4.69, 9.17) is 16.0 Å². The third-order valence-electron chi connectivity index (χ3n) is 0. The zero-order valence-corrected chi connectivity index (χ0v) is 6.05. The van der Waals surface area contributed by atoms with Crippen molar-refractivity contribution in [1.29, 1.82) is 0 Å². The average molecular weight is 240 g/mol. The van der Waals surface area contributed by atoms with Crippen LogP contribution in [-0.4, -0.2) is 14.5 Å². The summed E-state index contributed by atoms with van der Waals surface area (Å²) >= 11 is -5.88. The zero-order chi connectivity index (χ0) is 4.50. The van der Waals surface area contributed by atoms with Crippen LogP contribution in [0.2, 0.25) is 0 Å². The van der Waals surface area contributed by atoms with Gasteiger partial charge in [0.15, 0.2) is 0 Å². The van der Waals surface area contributed by atoms with Gasteiger partial charge in [-0.2, -0.15) is 0 Å². The summed E-state index contributed by atoms with van der Waals surface area (Å²) in [4.78, 5) is 0. The molecule has 0 aromatic heterocycles. The number of hydrogen-bond acceptors (Lipinski definition) is 4. The third kappa shape index (κ3) is 97.6. The predicted octanol–water partition coefficient (Wildman–Crippen LogP) is -4.07. The van der Waals surface area contributed by atoms with E-state index in [1.54, 1.807) is 0 Å². The Labute approximate surface area is 50.3 Å².